The number of ketones is 1. The van der Waals surface area contributed by atoms with E-state index in [1.165, 1.54) is 23.9 Å². The van der Waals surface area contributed by atoms with Crippen LogP contribution in [0.15, 0.2) is 17.0 Å². The number of carbonyl (C=O) groups is 2. The number of rotatable bonds is 2. The Kier molecular flexibility index (Phi) is 2.87. The predicted molar refractivity (Wildman–Crippen MR) is 59.6 cm³/mol. The minimum Gasteiger partial charge on any atom is -0.492 e. The lowest BCUT2D eigenvalue weighted by Gasteiger charge is -2.19. The summed E-state index contributed by atoms with van der Waals surface area (Å²) in [5, 5.41) is 8.92. The molecule has 0 saturated carbocycles. The summed E-state index contributed by atoms with van der Waals surface area (Å²) in [6, 6.07) is 2.92. The highest BCUT2D eigenvalue weighted by atomic mass is 32.2. The SMILES string of the molecule is CSc1cc(C(=O)O)cc2c1C(=O)CCO2. The van der Waals surface area contributed by atoms with Crippen molar-refractivity contribution in [1.82, 2.24) is 0 Å². The topological polar surface area (TPSA) is 63.6 Å². The molecule has 1 heterocycles. The first-order valence-electron chi connectivity index (χ1n) is 4.75. The third-order valence-corrected chi connectivity index (χ3v) is 3.16. The summed E-state index contributed by atoms with van der Waals surface area (Å²) < 4.78 is 5.33. The van der Waals surface area contributed by atoms with Gasteiger partial charge in [0.15, 0.2) is 5.78 Å². The summed E-state index contributed by atoms with van der Waals surface area (Å²) in [6.07, 6.45) is 2.16. The Morgan fingerprint density at radius 3 is 2.88 bits per heavy atom. The normalized spacial score (nSPS) is 14.2. The van der Waals surface area contributed by atoms with Gasteiger partial charge < -0.3 is 9.84 Å². The van der Waals surface area contributed by atoms with Gasteiger partial charge in [0.1, 0.15) is 5.75 Å². The van der Waals surface area contributed by atoms with Crippen LogP contribution in [0, 0.1) is 0 Å². The van der Waals surface area contributed by atoms with E-state index in [4.69, 9.17) is 9.84 Å². The lowest BCUT2D eigenvalue weighted by atomic mass is 10.0. The molecule has 0 spiro atoms. The Balaban J connectivity index is 2.62. The molecule has 0 aromatic heterocycles. The molecule has 1 aromatic carbocycles. The minimum atomic E-state index is -1.01. The molecule has 0 amide bonds. The Bertz CT molecular complexity index is 450. The number of thioether (sulfide) groups is 1. The molecule has 0 aliphatic carbocycles. The molecule has 2 rings (SSSR count). The second-order valence-corrected chi connectivity index (χ2v) is 4.23. The van der Waals surface area contributed by atoms with Crippen LogP contribution in [0.4, 0.5) is 0 Å². The van der Waals surface area contributed by atoms with Crippen molar-refractivity contribution in [2.24, 2.45) is 0 Å². The van der Waals surface area contributed by atoms with E-state index in [9.17, 15) is 9.59 Å². The second kappa shape index (κ2) is 4.17. The minimum absolute atomic E-state index is 0.0162. The summed E-state index contributed by atoms with van der Waals surface area (Å²) in [6.45, 7) is 0.322. The number of carbonyl (C=O) groups excluding carboxylic acids is 1. The van der Waals surface area contributed by atoms with Gasteiger partial charge in [0.05, 0.1) is 17.7 Å². The summed E-state index contributed by atoms with van der Waals surface area (Å²) in [5.41, 5.74) is 0.668. The summed E-state index contributed by atoms with van der Waals surface area (Å²) in [4.78, 5) is 23.3. The van der Waals surface area contributed by atoms with Gasteiger partial charge in [-0.25, -0.2) is 4.79 Å². The Labute approximate surface area is 96.6 Å². The van der Waals surface area contributed by atoms with E-state index in [0.29, 0.717) is 29.2 Å². The smallest absolute Gasteiger partial charge is 0.335 e. The number of aromatic carboxylic acids is 1. The molecule has 0 radical (unpaired) electrons. The monoisotopic (exact) mass is 238 g/mol. The highest BCUT2D eigenvalue weighted by Crippen LogP contribution is 2.34. The quantitative estimate of drug-likeness (QED) is 0.799. The number of hydrogen-bond donors (Lipinski definition) is 1. The molecule has 1 aromatic rings. The molecular weight excluding hydrogens is 228 g/mol. The fourth-order valence-electron chi connectivity index (χ4n) is 1.64. The third-order valence-electron chi connectivity index (χ3n) is 2.40. The third kappa shape index (κ3) is 1.78. The van der Waals surface area contributed by atoms with Crippen LogP contribution in [0.3, 0.4) is 0 Å². The zero-order valence-electron chi connectivity index (χ0n) is 8.65. The average molecular weight is 238 g/mol. The van der Waals surface area contributed by atoms with Crippen molar-refractivity contribution in [3.63, 3.8) is 0 Å². The van der Waals surface area contributed by atoms with Crippen molar-refractivity contribution in [2.45, 2.75) is 11.3 Å². The highest BCUT2D eigenvalue weighted by molar-refractivity contribution is 7.98. The van der Waals surface area contributed by atoms with Crippen LogP contribution < -0.4 is 4.74 Å². The summed E-state index contributed by atoms with van der Waals surface area (Å²) in [7, 11) is 0. The number of hydrogen-bond acceptors (Lipinski definition) is 4. The number of benzene rings is 1. The lowest BCUT2D eigenvalue weighted by molar-refractivity contribution is 0.0694. The van der Waals surface area contributed by atoms with Crippen molar-refractivity contribution in [3.05, 3.63) is 23.3 Å². The molecule has 5 heteroatoms. The van der Waals surface area contributed by atoms with Gasteiger partial charge in [-0.3, -0.25) is 4.79 Å². The maximum Gasteiger partial charge on any atom is 0.335 e. The van der Waals surface area contributed by atoms with Crippen LogP contribution in [0.1, 0.15) is 27.1 Å². The second-order valence-electron chi connectivity index (χ2n) is 3.38. The zero-order chi connectivity index (χ0) is 11.7. The standard InChI is InChI=1S/C11H10O4S/c1-16-9-5-6(11(13)14)4-8-10(9)7(12)2-3-15-8/h4-5H,2-3H2,1H3,(H,13,14). The molecule has 84 valence electrons. The Morgan fingerprint density at radius 2 is 2.25 bits per heavy atom. The van der Waals surface area contributed by atoms with Crippen LogP contribution >= 0.6 is 11.8 Å². The van der Waals surface area contributed by atoms with E-state index in [2.05, 4.69) is 0 Å². The number of carboxylic acid groups (broad SMARTS) is 1. The van der Waals surface area contributed by atoms with Gasteiger partial charge in [-0.1, -0.05) is 0 Å². The van der Waals surface area contributed by atoms with Crippen LogP contribution in [0.2, 0.25) is 0 Å². The molecule has 0 bridgehead atoms. The van der Waals surface area contributed by atoms with Crippen molar-refractivity contribution in [1.29, 1.82) is 0 Å². The van der Waals surface area contributed by atoms with Gasteiger partial charge in [-0.2, -0.15) is 0 Å². The first kappa shape index (κ1) is 11.0. The van der Waals surface area contributed by atoms with E-state index in [1.54, 1.807) is 0 Å². The van der Waals surface area contributed by atoms with Gasteiger partial charge in [0.2, 0.25) is 0 Å². The van der Waals surface area contributed by atoms with E-state index in [0.717, 1.165) is 0 Å². The van der Waals surface area contributed by atoms with Crippen LogP contribution in [-0.4, -0.2) is 29.7 Å². The molecule has 16 heavy (non-hydrogen) atoms. The van der Waals surface area contributed by atoms with E-state index in [-0.39, 0.29) is 11.3 Å². The van der Waals surface area contributed by atoms with E-state index in [1.807, 2.05) is 6.26 Å². The molecule has 1 aliphatic rings. The van der Waals surface area contributed by atoms with Crippen LogP contribution in [-0.2, 0) is 0 Å². The summed E-state index contributed by atoms with van der Waals surface area (Å²) >= 11 is 1.35. The summed E-state index contributed by atoms with van der Waals surface area (Å²) in [5.74, 6) is -0.609. The maximum absolute atomic E-state index is 11.7. The fourth-order valence-corrected chi connectivity index (χ4v) is 2.31. The molecule has 4 nitrogen and oxygen atoms in total. The van der Waals surface area contributed by atoms with E-state index >= 15 is 0 Å². The van der Waals surface area contributed by atoms with Gasteiger partial charge in [0, 0.05) is 11.3 Å². The number of Topliss-reactive ketones (excluding diaryl/α,β-unsaturated/α-hetero) is 1. The first-order valence-corrected chi connectivity index (χ1v) is 5.97. The van der Waals surface area contributed by atoms with Crippen LogP contribution in [0.25, 0.3) is 0 Å². The Morgan fingerprint density at radius 1 is 1.50 bits per heavy atom. The van der Waals surface area contributed by atoms with Crippen molar-refractivity contribution in [2.75, 3.05) is 12.9 Å². The molecule has 1 N–H and O–H groups in total. The molecule has 0 atom stereocenters. The molecular formula is C11H10O4S. The largest absolute Gasteiger partial charge is 0.492 e. The molecule has 0 unspecified atom stereocenters. The molecule has 1 aliphatic heterocycles. The van der Waals surface area contributed by atoms with Crippen LogP contribution in [0.5, 0.6) is 5.75 Å². The van der Waals surface area contributed by atoms with E-state index < -0.39 is 5.97 Å². The highest BCUT2D eigenvalue weighted by Gasteiger charge is 2.24. The molecule has 0 saturated heterocycles. The van der Waals surface area contributed by atoms with Gasteiger partial charge in [0.25, 0.3) is 0 Å². The fraction of sp³-hybridized carbons (Fsp3) is 0.273. The number of ether oxygens (including phenoxy) is 1. The van der Waals surface area contributed by atoms with Gasteiger partial charge in [-0.15, -0.1) is 11.8 Å². The van der Waals surface area contributed by atoms with Crippen molar-refractivity contribution >= 4 is 23.5 Å². The van der Waals surface area contributed by atoms with Crippen molar-refractivity contribution < 1.29 is 19.4 Å². The maximum atomic E-state index is 11.7. The predicted octanol–water partition coefficient (Wildman–Crippen LogP) is 2.07. The Hall–Kier alpha value is -1.49. The average Bonchev–Trinajstić information content (AvgIpc) is 2.27. The zero-order valence-corrected chi connectivity index (χ0v) is 9.47. The molecule has 0 fully saturated rings. The number of fused-ring (bicyclic) bond motifs is 1. The number of carboxylic acids is 1. The van der Waals surface area contributed by atoms with Gasteiger partial charge in [-0.05, 0) is 18.4 Å². The van der Waals surface area contributed by atoms with Gasteiger partial charge >= 0.3 is 5.97 Å². The van der Waals surface area contributed by atoms with Crippen molar-refractivity contribution in [3.8, 4) is 5.75 Å². The lowest BCUT2D eigenvalue weighted by Crippen LogP contribution is -2.17. The first-order chi connectivity index (χ1) is 7.63.